The van der Waals surface area contributed by atoms with Gasteiger partial charge in [-0.2, -0.15) is 0 Å². The molecule has 0 spiro atoms. The molecule has 0 saturated carbocycles. The van der Waals surface area contributed by atoms with E-state index in [1.54, 1.807) is 6.20 Å². The first-order valence-electron chi connectivity index (χ1n) is 24.8. The van der Waals surface area contributed by atoms with Crippen molar-refractivity contribution >= 4 is 0 Å². The van der Waals surface area contributed by atoms with E-state index in [-0.39, 0.29) is 20.1 Å². The molecule has 8 aromatic carbocycles. The van der Waals surface area contributed by atoms with Crippen LogP contribution in [0.3, 0.4) is 0 Å². The van der Waals surface area contributed by atoms with Gasteiger partial charge in [-0.05, 0) is 115 Å². The van der Waals surface area contributed by atoms with Crippen molar-refractivity contribution in [3.63, 3.8) is 0 Å². The van der Waals surface area contributed by atoms with Gasteiger partial charge in [0, 0.05) is 47.9 Å². The Morgan fingerprint density at radius 2 is 0.776 bits per heavy atom. The fraction of sp³-hybridized carbons (Fsp3) is 0.0290. The van der Waals surface area contributed by atoms with Crippen LogP contribution in [0.2, 0.25) is 0 Å². The number of hydrogen-bond donors (Lipinski definition) is 0. The topological polar surface area (TPSA) is 73.7 Å². The summed E-state index contributed by atoms with van der Waals surface area (Å²) in [6.45, 7) is 4.18. The van der Waals surface area contributed by atoms with Crippen molar-refractivity contribution in [1.29, 1.82) is 0 Å². The minimum atomic E-state index is 0. The smallest absolute Gasteiger partial charge is 0.477 e. The second-order valence-corrected chi connectivity index (χ2v) is 18.4. The maximum atomic E-state index is 6.35. The fourth-order valence-corrected chi connectivity index (χ4v) is 9.57. The van der Waals surface area contributed by atoms with E-state index in [4.69, 9.17) is 24.7 Å². The van der Waals surface area contributed by atoms with E-state index in [1.807, 2.05) is 97.6 Å². The van der Waals surface area contributed by atoms with E-state index in [0.717, 1.165) is 106 Å². The summed E-state index contributed by atoms with van der Waals surface area (Å²) in [7, 11) is 0. The normalized spacial score (nSPS) is 10.9. The number of ether oxygens (including phenoxy) is 1. The Bertz CT molecular complexity index is 3840. The predicted molar refractivity (Wildman–Crippen MR) is 302 cm³/mol. The maximum Gasteiger partial charge on any atom is 3.00 e. The van der Waals surface area contributed by atoms with Crippen LogP contribution in [0.5, 0.6) is 11.5 Å². The van der Waals surface area contributed by atoms with E-state index in [2.05, 4.69) is 177 Å². The fourth-order valence-electron chi connectivity index (χ4n) is 9.57. The van der Waals surface area contributed by atoms with Gasteiger partial charge in [0.25, 0.3) is 0 Å². The predicted octanol–water partition coefficient (Wildman–Crippen LogP) is 17.1. The Kier molecular flexibility index (Phi) is 14.2. The first-order chi connectivity index (χ1) is 37.0. The van der Waals surface area contributed by atoms with Crippen molar-refractivity contribution in [2.24, 2.45) is 0 Å². The van der Waals surface area contributed by atoms with Crippen molar-refractivity contribution < 1.29 is 24.8 Å². The Hall–Kier alpha value is -9.26. The van der Waals surface area contributed by atoms with Gasteiger partial charge >= 0.3 is 20.1 Å². The first-order valence-corrected chi connectivity index (χ1v) is 24.8. The third kappa shape index (κ3) is 10.6. The summed E-state index contributed by atoms with van der Waals surface area (Å²) >= 11 is 0. The Morgan fingerprint density at radius 1 is 0.316 bits per heavy atom. The van der Waals surface area contributed by atoms with Crippen LogP contribution in [0, 0.1) is 32.0 Å². The number of rotatable bonds is 12. The zero-order chi connectivity index (χ0) is 50.5. The molecule has 0 aliphatic rings. The monoisotopic (exact) mass is 1150 g/mol. The number of pyridine rings is 3. The van der Waals surface area contributed by atoms with Crippen molar-refractivity contribution in [3.8, 4) is 123 Å². The zero-order valence-corrected chi connectivity index (χ0v) is 44.0. The van der Waals surface area contributed by atoms with Crippen LogP contribution in [0.15, 0.2) is 243 Å². The molecule has 12 rings (SSSR count). The SMILES string of the molecule is Cc1cc[c-]c(-c2ccc(-c3ccccc3-c3cc(-c4ccccc4-c4ccc(-c5[c-]ccc(C)c5)nc4)cc(-c4ccccc4-c4cnc(-c5[c-]ccc(Oc6cccc(-c7ccccn7)c6)c5)nc4)c3)cn2)c1.[Ir+3]. The second-order valence-electron chi connectivity index (χ2n) is 18.4. The molecule has 0 N–H and O–H groups in total. The molecule has 4 heterocycles. The number of hydrogen-bond acceptors (Lipinski definition) is 6. The molecular formula is C69H46IrN5O. The maximum absolute atomic E-state index is 6.35. The minimum Gasteiger partial charge on any atom is -0.477 e. The minimum absolute atomic E-state index is 0. The van der Waals surface area contributed by atoms with Crippen molar-refractivity contribution in [2.45, 2.75) is 13.8 Å². The summed E-state index contributed by atoms with van der Waals surface area (Å²) in [4.78, 5) is 24.2. The third-order valence-corrected chi connectivity index (χ3v) is 13.3. The van der Waals surface area contributed by atoms with Gasteiger partial charge < -0.3 is 14.7 Å². The van der Waals surface area contributed by atoms with E-state index >= 15 is 0 Å². The molecule has 0 saturated heterocycles. The van der Waals surface area contributed by atoms with Crippen LogP contribution in [0.1, 0.15) is 11.1 Å². The number of nitrogens with zero attached hydrogens (tertiary/aromatic N) is 5. The third-order valence-electron chi connectivity index (χ3n) is 13.3. The van der Waals surface area contributed by atoms with Crippen LogP contribution in [0.25, 0.3) is 112 Å². The molecule has 362 valence electrons. The zero-order valence-electron chi connectivity index (χ0n) is 41.6. The molecular weight excluding hydrogens is 1110 g/mol. The number of benzene rings is 8. The molecule has 76 heavy (non-hydrogen) atoms. The molecule has 0 aliphatic carbocycles. The van der Waals surface area contributed by atoms with Crippen molar-refractivity contribution in [1.82, 2.24) is 24.9 Å². The summed E-state index contributed by atoms with van der Waals surface area (Å²) in [5, 5.41) is 0. The Morgan fingerprint density at radius 3 is 1.26 bits per heavy atom. The summed E-state index contributed by atoms with van der Waals surface area (Å²) in [5.74, 6) is 1.90. The molecule has 0 fully saturated rings. The van der Waals surface area contributed by atoms with Gasteiger partial charge in [0.2, 0.25) is 0 Å². The molecule has 12 aromatic rings. The molecule has 7 heteroatoms. The number of aromatic nitrogens is 5. The standard InChI is InChI=1S/C69H46N5O.Ir/c1-46-15-11-17-48(35-46)67-32-30-52(42-71-67)60-23-3-5-25-62(60)54-37-55(63-26-6-4-24-61(63)53-31-33-68(72-43-53)49-18-12-16-47(2)36-49)39-56(38-54)64-27-7-8-28-65(64)57-44-73-69(74-45-57)51-20-14-22-59(41-51)75-58-21-13-19-50(40-58)66-29-9-10-34-70-66;/h3-16,19,21-45H,1-2H3;/q-3;+3. The largest absolute Gasteiger partial charge is 3.00 e. The second kappa shape index (κ2) is 22.1. The van der Waals surface area contributed by atoms with Gasteiger partial charge in [0.1, 0.15) is 5.75 Å². The summed E-state index contributed by atoms with van der Waals surface area (Å²) in [6.07, 6.45) is 9.52. The van der Waals surface area contributed by atoms with Crippen LogP contribution < -0.4 is 4.74 Å². The van der Waals surface area contributed by atoms with Gasteiger partial charge in [-0.3, -0.25) is 15.0 Å². The quantitative estimate of drug-likeness (QED) is 0.114. The van der Waals surface area contributed by atoms with Gasteiger partial charge in [-0.1, -0.05) is 135 Å². The first kappa shape index (κ1) is 49.0. The molecule has 0 bridgehead atoms. The van der Waals surface area contributed by atoms with Gasteiger partial charge in [-0.15, -0.1) is 94.5 Å². The van der Waals surface area contributed by atoms with Crippen molar-refractivity contribution in [2.75, 3.05) is 0 Å². The van der Waals surface area contributed by atoms with Gasteiger partial charge in [-0.25, -0.2) is 0 Å². The summed E-state index contributed by atoms with van der Waals surface area (Å²) < 4.78 is 6.35. The van der Waals surface area contributed by atoms with E-state index in [0.29, 0.717) is 17.3 Å². The van der Waals surface area contributed by atoms with Crippen LogP contribution in [-0.2, 0) is 20.1 Å². The van der Waals surface area contributed by atoms with E-state index in [1.165, 1.54) is 11.1 Å². The van der Waals surface area contributed by atoms with E-state index < -0.39 is 0 Å². The van der Waals surface area contributed by atoms with E-state index in [9.17, 15) is 0 Å². The van der Waals surface area contributed by atoms with Crippen LogP contribution in [0.4, 0.5) is 0 Å². The van der Waals surface area contributed by atoms with Crippen LogP contribution in [-0.4, -0.2) is 24.9 Å². The molecule has 0 unspecified atom stereocenters. The molecule has 0 aliphatic heterocycles. The molecule has 0 radical (unpaired) electrons. The summed E-state index contributed by atoms with van der Waals surface area (Å²) in [6, 6.07) is 82.7. The average molecular weight is 1150 g/mol. The number of aryl methyl sites for hydroxylation is 2. The van der Waals surface area contributed by atoms with Gasteiger partial charge in [0.05, 0.1) is 11.5 Å². The molecule has 0 atom stereocenters. The Labute approximate surface area is 456 Å². The Balaban J connectivity index is 0.00000616. The van der Waals surface area contributed by atoms with Crippen molar-refractivity contribution in [3.05, 3.63) is 273 Å². The molecule has 0 amide bonds. The van der Waals surface area contributed by atoms with Crippen LogP contribution >= 0.6 is 0 Å². The summed E-state index contributed by atoms with van der Waals surface area (Å²) in [5.41, 5.74) is 21.1. The molecule has 4 aromatic heterocycles. The average Bonchev–Trinajstić information content (AvgIpc) is 3.49. The van der Waals surface area contributed by atoms with Gasteiger partial charge in [0.15, 0.2) is 0 Å². The molecule has 6 nitrogen and oxygen atoms in total.